The van der Waals surface area contributed by atoms with E-state index in [1.165, 1.54) is 29.7 Å². The summed E-state index contributed by atoms with van der Waals surface area (Å²) in [6.45, 7) is 4.92. The van der Waals surface area contributed by atoms with Crippen LogP contribution in [0.3, 0.4) is 0 Å². The van der Waals surface area contributed by atoms with E-state index in [0.717, 1.165) is 29.4 Å². The number of hydrogen-bond acceptors (Lipinski definition) is 4. The van der Waals surface area contributed by atoms with Crippen molar-refractivity contribution < 1.29 is 4.79 Å². The van der Waals surface area contributed by atoms with Crippen molar-refractivity contribution in [1.82, 2.24) is 9.88 Å². The summed E-state index contributed by atoms with van der Waals surface area (Å²) in [5, 5.41) is 2.97. The number of thiazole rings is 1. The Morgan fingerprint density at radius 3 is 2.72 bits per heavy atom. The second-order valence-electron chi connectivity index (χ2n) is 7.76. The van der Waals surface area contributed by atoms with Gasteiger partial charge in [0, 0.05) is 43.3 Å². The number of hydrogen-bond donors (Lipinski definition) is 0. The highest BCUT2D eigenvalue weighted by atomic mass is 32.1. The van der Waals surface area contributed by atoms with Gasteiger partial charge in [-0.15, -0.1) is 11.3 Å². The molecule has 1 aliphatic rings. The molecule has 150 valence electrons. The van der Waals surface area contributed by atoms with Crippen LogP contribution in [0.4, 0.5) is 5.69 Å². The van der Waals surface area contributed by atoms with E-state index in [-0.39, 0.29) is 5.91 Å². The summed E-state index contributed by atoms with van der Waals surface area (Å²) >= 11 is 1.60. The van der Waals surface area contributed by atoms with Gasteiger partial charge in [-0.05, 0) is 37.5 Å². The van der Waals surface area contributed by atoms with Crippen LogP contribution in [0.15, 0.2) is 53.9 Å². The van der Waals surface area contributed by atoms with Gasteiger partial charge in [-0.25, -0.2) is 4.98 Å². The van der Waals surface area contributed by atoms with E-state index in [0.29, 0.717) is 13.0 Å². The molecule has 1 saturated heterocycles. The van der Waals surface area contributed by atoms with Crippen LogP contribution in [0, 0.1) is 6.92 Å². The lowest BCUT2D eigenvalue weighted by atomic mass is 10.1. The monoisotopic (exact) mass is 405 g/mol. The number of carbonyl (C=O) groups is 1. The first kappa shape index (κ1) is 19.6. The summed E-state index contributed by atoms with van der Waals surface area (Å²) in [5.41, 5.74) is 5.65. The van der Waals surface area contributed by atoms with Crippen LogP contribution < -0.4 is 4.90 Å². The van der Waals surface area contributed by atoms with E-state index >= 15 is 0 Å². The Hall–Kier alpha value is -2.66. The molecule has 2 aromatic carbocycles. The summed E-state index contributed by atoms with van der Waals surface area (Å²) in [6, 6.07) is 16.8. The molecule has 5 heteroatoms. The number of aryl methyl sites for hydroxylation is 1. The molecule has 4 rings (SSSR count). The first-order valence-electron chi connectivity index (χ1n) is 10.2. The highest BCUT2D eigenvalue weighted by Gasteiger charge is 2.18. The maximum atomic E-state index is 12.8. The van der Waals surface area contributed by atoms with Crippen LogP contribution in [0.5, 0.6) is 0 Å². The highest BCUT2D eigenvalue weighted by Crippen LogP contribution is 2.27. The average Bonchev–Trinajstić information content (AvgIpc) is 3.40. The first-order chi connectivity index (χ1) is 14.1. The quantitative estimate of drug-likeness (QED) is 0.584. The Labute approximate surface area is 176 Å². The molecule has 0 atom stereocenters. The molecular formula is C24H27N3OS. The van der Waals surface area contributed by atoms with Crippen LogP contribution in [0.2, 0.25) is 0 Å². The largest absolute Gasteiger partial charge is 0.371 e. The second kappa shape index (κ2) is 8.78. The number of nitrogens with zero attached hydrogens (tertiary/aromatic N) is 3. The molecule has 0 N–H and O–H groups in total. The van der Waals surface area contributed by atoms with Crippen molar-refractivity contribution in [3.63, 3.8) is 0 Å². The standard InChI is InChI=1S/C24H27N3OS/c1-18-8-7-10-19(14-18)24-25-21(17-29-24)15-23(28)26(2)16-20-9-3-4-11-22(20)27-12-5-6-13-27/h3-4,7-11,14,17H,5-6,12-13,15-16H2,1-2H3. The molecule has 3 aromatic rings. The van der Waals surface area contributed by atoms with Crippen LogP contribution in [-0.2, 0) is 17.8 Å². The van der Waals surface area contributed by atoms with Crippen LogP contribution >= 0.6 is 11.3 Å². The van der Waals surface area contributed by atoms with Crippen LogP contribution in [-0.4, -0.2) is 35.9 Å². The Balaban J connectivity index is 1.42. The SMILES string of the molecule is Cc1cccc(-c2nc(CC(=O)N(C)Cc3ccccc3N3CCCC3)cs2)c1. The molecule has 0 saturated carbocycles. The minimum Gasteiger partial charge on any atom is -0.371 e. The molecule has 1 aromatic heterocycles. The second-order valence-corrected chi connectivity index (χ2v) is 8.62. The molecular weight excluding hydrogens is 378 g/mol. The molecule has 0 spiro atoms. The van der Waals surface area contributed by atoms with Gasteiger partial charge in [0.15, 0.2) is 0 Å². The lowest BCUT2D eigenvalue weighted by Gasteiger charge is -2.24. The Kier molecular flexibility index (Phi) is 5.95. The van der Waals surface area contributed by atoms with Crippen molar-refractivity contribution in [2.75, 3.05) is 25.0 Å². The fraction of sp³-hybridized carbons (Fsp3) is 0.333. The number of likely N-dealkylation sites (N-methyl/N-ethyl adjacent to an activating group) is 1. The predicted octanol–water partition coefficient (Wildman–Crippen LogP) is 4.92. The van der Waals surface area contributed by atoms with Gasteiger partial charge in [0.05, 0.1) is 12.1 Å². The Morgan fingerprint density at radius 1 is 1.14 bits per heavy atom. The lowest BCUT2D eigenvalue weighted by molar-refractivity contribution is -0.129. The summed E-state index contributed by atoms with van der Waals surface area (Å²) in [4.78, 5) is 21.8. The molecule has 0 radical (unpaired) electrons. The van der Waals surface area contributed by atoms with E-state index in [2.05, 4.69) is 54.3 Å². The van der Waals surface area contributed by atoms with E-state index in [4.69, 9.17) is 4.98 Å². The van der Waals surface area contributed by atoms with Gasteiger partial charge in [0.25, 0.3) is 0 Å². The van der Waals surface area contributed by atoms with Crippen molar-refractivity contribution >= 4 is 22.9 Å². The molecule has 4 nitrogen and oxygen atoms in total. The van der Waals surface area contributed by atoms with Gasteiger partial charge < -0.3 is 9.80 Å². The topological polar surface area (TPSA) is 36.4 Å². The number of amides is 1. The predicted molar refractivity (Wildman–Crippen MR) is 120 cm³/mol. The minimum atomic E-state index is 0.0994. The van der Waals surface area contributed by atoms with Gasteiger partial charge in [-0.1, -0.05) is 42.0 Å². The van der Waals surface area contributed by atoms with Crippen molar-refractivity contribution in [1.29, 1.82) is 0 Å². The van der Waals surface area contributed by atoms with Gasteiger partial charge in [-0.2, -0.15) is 0 Å². The maximum absolute atomic E-state index is 12.8. The zero-order valence-electron chi connectivity index (χ0n) is 17.1. The molecule has 2 heterocycles. The zero-order valence-corrected chi connectivity index (χ0v) is 17.9. The van der Waals surface area contributed by atoms with Gasteiger partial charge in [0.1, 0.15) is 5.01 Å². The summed E-state index contributed by atoms with van der Waals surface area (Å²) < 4.78 is 0. The first-order valence-corrected chi connectivity index (χ1v) is 11.1. The van der Waals surface area contributed by atoms with Crippen LogP contribution in [0.25, 0.3) is 10.6 Å². The number of para-hydroxylation sites is 1. The smallest absolute Gasteiger partial charge is 0.228 e. The summed E-state index contributed by atoms with van der Waals surface area (Å²) in [7, 11) is 1.89. The zero-order chi connectivity index (χ0) is 20.2. The molecule has 1 fully saturated rings. The minimum absolute atomic E-state index is 0.0994. The normalized spacial score (nSPS) is 13.7. The highest BCUT2D eigenvalue weighted by molar-refractivity contribution is 7.13. The van der Waals surface area contributed by atoms with Crippen molar-refractivity contribution in [3.8, 4) is 10.6 Å². The molecule has 0 bridgehead atoms. The number of aromatic nitrogens is 1. The van der Waals surface area contributed by atoms with Crippen molar-refractivity contribution in [3.05, 3.63) is 70.7 Å². The number of anilines is 1. The van der Waals surface area contributed by atoms with Gasteiger partial charge in [0.2, 0.25) is 5.91 Å². The van der Waals surface area contributed by atoms with E-state index in [1.54, 1.807) is 11.3 Å². The fourth-order valence-corrected chi connectivity index (χ4v) is 4.66. The van der Waals surface area contributed by atoms with Gasteiger partial charge in [-0.3, -0.25) is 4.79 Å². The molecule has 1 amide bonds. The average molecular weight is 406 g/mol. The van der Waals surface area contributed by atoms with Crippen molar-refractivity contribution in [2.24, 2.45) is 0 Å². The Bertz CT molecular complexity index is 991. The summed E-state index contributed by atoms with van der Waals surface area (Å²) in [5.74, 6) is 0.0994. The van der Waals surface area contributed by atoms with Crippen LogP contribution in [0.1, 0.15) is 29.7 Å². The maximum Gasteiger partial charge on any atom is 0.228 e. The molecule has 29 heavy (non-hydrogen) atoms. The Morgan fingerprint density at radius 2 is 1.93 bits per heavy atom. The number of benzene rings is 2. The van der Waals surface area contributed by atoms with Crippen molar-refractivity contribution in [2.45, 2.75) is 32.7 Å². The molecule has 1 aliphatic heterocycles. The summed E-state index contributed by atoms with van der Waals surface area (Å²) in [6.07, 6.45) is 2.83. The lowest BCUT2D eigenvalue weighted by Crippen LogP contribution is -2.29. The molecule has 0 unspecified atom stereocenters. The molecule has 0 aliphatic carbocycles. The fourth-order valence-electron chi connectivity index (χ4n) is 3.84. The van der Waals surface area contributed by atoms with E-state index in [9.17, 15) is 4.79 Å². The van der Waals surface area contributed by atoms with E-state index < -0.39 is 0 Å². The van der Waals surface area contributed by atoms with E-state index in [1.807, 2.05) is 23.4 Å². The van der Waals surface area contributed by atoms with Gasteiger partial charge >= 0.3 is 0 Å². The third-order valence-corrected chi connectivity index (χ3v) is 6.36. The third kappa shape index (κ3) is 4.67. The number of carbonyl (C=O) groups excluding carboxylic acids is 1. The number of rotatable bonds is 6. The third-order valence-electron chi connectivity index (χ3n) is 5.42.